The summed E-state index contributed by atoms with van der Waals surface area (Å²) in [5.41, 5.74) is 1.51. The fourth-order valence-electron chi connectivity index (χ4n) is 2.05. The molecule has 0 saturated heterocycles. The number of aromatic nitrogens is 4. The van der Waals surface area contributed by atoms with Gasteiger partial charge in [0.2, 0.25) is 0 Å². The molecular formula is C16H26N4O2. The van der Waals surface area contributed by atoms with Crippen LogP contribution in [0.1, 0.15) is 27.7 Å². The van der Waals surface area contributed by atoms with Crippen LogP contribution < -0.4 is 0 Å². The van der Waals surface area contributed by atoms with E-state index in [9.17, 15) is 0 Å². The van der Waals surface area contributed by atoms with E-state index in [1.165, 1.54) is 0 Å². The van der Waals surface area contributed by atoms with E-state index in [1.54, 1.807) is 7.11 Å². The van der Waals surface area contributed by atoms with Gasteiger partial charge in [0.05, 0.1) is 31.4 Å². The van der Waals surface area contributed by atoms with E-state index in [1.807, 2.05) is 61.6 Å². The Morgan fingerprint density at radius 2 is 1.68 bits per heavy atom. The van der Waals surface area contributed by atoms with Crippen molar-refractivity contribution in [3.8, 4) is 11.4 Å². The molecule has 2 heterocycles. The third kappa shape index (κ3) is 4.68. The van der Waals surface area contributed by atoms with Crippen LogP contribution in [0.5, 0.6) is 0 Å². The van der Waals surface area contributed by atoms with E-state index in [4.69, 9.17) is 9.47 Å². The molecule has 22 heavy (non-hydrogen) atoms. The van der Waals surface area contributed by atoms with Crippen molar-refractivity contribution in [3.63, 3.8) is 0 Å². The van der Waals surface area contributed by atoms with Crippen LogP contribution in [0.3, 0.4) is 0 Å². The monoisotopic (exact) mass is 306 g/mol. The minimum atomic E-state index is -0.239. The Balaban J connectivity index is 1.98. The first-order chi connectivity index (χ1) is 10.4. The van der Waals surface area contributed by atoms with E-state index >= 15 is 0 Å². The van der Waals surface area contributed by atoms with Gasteiger partial charge in [-0.1, -0.05) is 0 Å². The number of rotatable bonds is 8. The molecule has 0 aliphatic rings. The highest BCUT2D eigenvalue weighted by Gasteiger charge is 2.18. The predicted octanol–water partition coefficient (Wildman–Crippen LogP) is 2.60. The lowest BCUT2D eigenvalue weighted by molar-refractivity contribution is 0.00546. The molecule has 0 aromatic carbocycles. The van der Waals surface area contributed by atoms with Crippen LogP contribution in [0.4, 0.5) is 0 Å². The van der Waals surface area contributed by atoms with Crippen molar-refractivity contribution in [1.82, 2.24) is 19.6 Å². The van der Waals surface area contributed by atoms with Crippen molar-refractivity contribution in [2.75, 3.05) is 13.7 Å². The Morgan fingerprint density at radius 1 is 1.09 bits per heavy atom. The quantitative estimate of drug-likeness (QED) is 0.752. The molecule has 0 bridgehead atoms. The van der Waals surface area contributed by atoms with Gasteiger partial charge in [0.25, 0.3) is 0 Å². The second-order valence-electron chi connectivity index (χ2n) is 6.25. The fraction of sp³-hybridized carbons (Fsp3) is 0.625. The molecule has 0 radical (unpaired) electrons. The summed E-state index contributed by atoms with van der Waals surface area (Å²) < 4.78 is 14.7. The predicted molar refractivity (Wildman–Crippen MR) is 85.6 cm³/mol. The Hall–Kier alpha value is -1.66. The van der Waals surface area contributed by atoms with Gasteiger partial charge in [-0.05, 0) is 39.8 Å². The molecule has 0 N–H and O–H groups in total. The molecular weight excluding hydrogens is 280 g/mol. The van der Waals surface area contributed by atoms with Crippen molar-refractivity contribution in [2.45, 2.75) is 52.5 Å². The number of nitrogens with zero attached hydrogens (tertiary/aromatic N) is 4. The molecule has 0 amide bonds. The molecule has 0 spiro atoms. The van der Waals surface area contributed by atoms with E-state index in [0.717, 1.165) is 17.9 Å². The lowest BCUT2D eigenvalue weighted by Crippen LogP contribution is -2.29. The Morgan fingerprint density at radius 3 is 2.27 bits per heavy atom. The van der Waals surface area contributed by atoms with Crippen LogP contribution in [0, 0.1) is 0 Å². The van der Waals surface area contributed by atoms with Gasteiger partial charge >= 0.3 is 0 Å². The summed E-state index contributed by atoms with van der Waals surface area (Å²) in [6.07, 6.45) is 4.16. The molecule has 0 fully saturated rings. The van der Waals surface area contributed by atoms with E-state index in [0.29, 0.717) is 13.2 Å². The van der Waals surface area contributed by atoms with Gasteiger partial charge in [0.1, 0.15) is 11.4 Å². The minimum absolute atomic E-state index is 0.239. The maximum Gasteiger partial charge on any atom is 0.113 e. The van der Waals surface area contributed by atoms with Gasteiger partial charge in [-0.25, -0.2) is 0 Å². The molecule has 6 heteroatoms. The first kappa shape index (κ1) is 16.7. The largest absolute Gasteiger partial charge is 0.377 e. The second-order valence-corrected chi connectivity index (χ2v) is 6.25. The zero-order chi connectivity index (χ0) is 16.2. The molecule has 2 rings (SSSR count). The Kier molecular flexibility index (Phi) is 5.37. The summed E-state index contributed by atoms with van der Waals surface area (Å²) in [6, 6.07) is 3.95. The van der Waals surface area contributed by atoms with Gasteiger partial charge in [-0.3, -0.25) is 9.36 Å². The van der Waals surface area contributed by atoms with E-state index in [-0.39, 0.29) is 11.7 Å². The normalized spacial score (nSPS) is 12.3. The molecule has 0 aliphatic heterocycles. The average molecular weight is 306 g/mol. The van der Waals surface area contributed by atoms with Crippen LogP contribution >= 0.6 is 0 Å². The molecule has 0 atom stereocenters. The van der Waals surface area contributed by atoms with Gasteiger partial charge in [-0.2, -0.15) is 10.2 Å². The Labute approximate surface area is 132 Å². The number of hydrogen-bond donors (Lipinski definition) is 0. The van der Waals surface area contributed by atoms with Gasteiger partial charge in [-0.15, -0.1) is 0 Å². The molecule has 0 aliphatic carbocycles. The summed E-state index contributed by atoms with van der Waals surface area (Å²) in [6.45, 7) is 10.2. The zero-order valence-corrected chi connectivity index (χ0v) is 14.1. The van der Waals surface area contributed by atoms with E-state index in [2.05, 4.69) is 10.2 Å². The van der Waals surface area contributed by atoms with Crippen molar-refractivity contribution in [1.29, 1.82) is 0 Å². The SMILES string of the molecule is COC(C)(C)Cn1ccc(-c2ccn(CCOC(C)C)n2)n1. The third-order valence-corrected chi connectivity index (χ3v) is 3.41. The molecule has 6 nitrogen and oxygen atoms in total. The van der Waals surface area contributed by atoms with Gasteiger partial charge in [0.15, 0.2) is 0 Å². The lowest BCUT2D eigenvalue weighted by atomic mass is 10.1. The Bertz CT molecular complexity index is 586. The molecule has 2 aromatic heterocycles. The number of ether oxygens (including phenoxy) is 2. The highest BCUT2D eigenvalue weighted by molar-refractivity contribution is 5.52. The minimum Gasteiger partial charge on any atom is -0.377 e. The van der Waals surface area contributed by atoms with Crippen LogP contribution in [0.2, 0.25) is 0 Å². The summed E-state index contributed by atoms with van der Waals surface area (Å²) in [5.74, 6) is 0. The maximum atomic E-state index is 5.54. The van der Waals surface area contributed by atoms with Crippen molar-refractivity contribution in [2.24, 2.45) is 0 Å². The molecule has 0 unspecified atom stereocenters. The summed E-state index contributed by atoms with van der Waals surface area (Å²) in [5, 5.41) is 9.10. The molecule has 2 aromatic rings. The third-order valence-electron chi connectivity index (χ3n) is 3.41. The fourth-order valence-corrected chi connectivity index (χ4v) is 2.05. The molecule has 0 saturated carbocycles. The van der Waals surface area contributed by atoms with Crippen molar-refractivity contribution in [3.05, 3.63) is 24.5 Å². The summed E-state index contributed by atoms with van der Waals surface area (Å²) in [7, 11) is 1.71. The second kappa shape index (κ2) is 7.07. The van der Waals surface area contributed by atoms with Crippen LogP contribution in [-0.2, 0) is 22.6 Å². The van der Waals surface area contributed by atoms with Crippen molar-refractivity contribution < 1.29 is 9.47 Å². The van der Waals surface area contributed by atoms with Gasteiger partial charge < -0.3 is 9.47 Å². The van der Waals surface area contributed by atoms with Crippen LogP contribution in [-0.4, -0.2) is 45.0 Å². The highest BCUT2D eigenvalue weighted by Crippen LogP contribution is 2.16. The smallest absolute Gasteiger partial charge is 0.113 e. The highest BCUT2D eigenvalue weighted by atomic mass is 16.5. The summed E-state index contributed by atoms with van der Waals surface area (Å²) >= 11 is 0. The first-order valence-electron chi connectivity index (χ1n) is 7.64. The van der Waals surface area contributed by atoms with E-state index < -0.39 is 0 Å². The number of hydrogen-bond acceptors (Lipinski definition) is 4. The first-order valence-corrected chi connectivity index (χ1v) is 7.64. The van der Waals surface area contributed by atoms with Crippen LogP contribution in [0.15, 0.2) is 24.5 Å². The van der Waals surface area contributed by atoms with Crippen molar-refractivity contribution >= 4 is 0 Å². The standard InChI is InChI=1S/C16H26N4O2/c1-13(2)22-11-10-19-8-6-14(17-19)15-7-9-20(18-15)12-16(3,4)21-5/h6-9,13H,10-12H2,1-5H3. The lowest BCUT2D eigenvalue weighted by Gasteiger charge is -2.22. The molecule has 122 valence electrons. The maximum absolute atomic E-state index is 5.54. The van der Waals surface area contributed by atoms with Crippen LogP contribution in [0.25, 0.3) is 11.4 Å². The topological polar surface area (TPSA) is 54.1 Å². The zero-order valence-electron chi connectivity index (χ0n) is 14.1. The van der Waals surface area contributed by atoms with Gasteiger partial charge in [0, 0.05) is 19.5 Å². The number of methoxy groups -OCH3 is 1. The average Bonchev–Trinajstić information content (AvgIpc) is 3.07. The summed E-state index contributed by atoms with van der Waals surface area (Å²) in [4.78, 5) is 0.